The molecule has 0 unspecified atom stereocenters. The normalized spacial score (nSPS) is 17.9. The number of quaternary nitrogens is 1. The summed E-state index contributed by atoms with van der Waals surface area (Å²) in [4.78, 5) is 14.2. The van der Waals surface area contributed by atoms with Gasteiger partial charge in [-0.2, -0.15) is 0 Å². The molecule has 0 aliphatic carbocycles. The molecule has 1 aliphatic rings. The maximum Gasteiger partial charge on any atom is 0.327 e. The predicted molar refractivity (Wildman–Crippen MR) is 103 cm³/mol. The Balaban J connectivity index is 2.06. The van der Waals surface area contributed by atoms with E-state index in [1.165, 1.54) is 5.47 Å². The Kier molecular flexibility index (Phi) is 3.73. The van der Waals surface area contributed by atoms with Gasteiger partial charge in [-0.05, 0) is 35.5 Å². The Morgan fingerprint density at radius 2 is 1.32 bits per heavy atom. The van der Waals surface area contributed by atoms with Crippen LogP contribution in [0.1, 0.15) is 5.69 Å². The zero-order valence-electron chi connectivity index (χ0n) is 14.6. The fourth-order valence-corrected chi connectivity index (χ4v) is 4.32. The second-order valence-corrected chi connectivity index (χ2v) is 7.17. The van der Waals surface area contributed by atoms with Gasteiger partial charge in [0.15, 0.2) is 0 Å². The monoisotopic (exact) mass is 328 g/mol. The van der Waals surface area contributed by atoms with Crippen molar-refractivity contribution in [3.63, 3.8) is 0 Å². The zero-order valence-corrected chi connectivity index (χ0v) is 14.6. The minimum absolute atomic E-state index is 0.778. The molecule has 4 heterocycles. The lowest BCUT2D eigenvalue weighted by atomic mass is 9.24. The summed E-state index contributed by atoms with van der Waals surface area (Å²) in [6.07, 6.45) is 6.53. The number of hydrogen-bond donors (Lipinski definition) is 0. The molecule has 0 amide bonds. The van der Waals surface area contributed by atoms with E-state index in [9.17, 15) is 0 Å². The molecule has 25 heavy (non-hydrogen) atoms. The topological polar surface area (TPSA) is 38.7 Å². The van der Waals surface area contributed by atoms with Crippen molar-refractivity contribution in [1.29, 1.82) is 0 Å². The molecule has 0 spiro atoms. The highest BCUT2D eigenvalue weighted by Gasteiger charge is 2.53. The van der Waals surface area contributed by atoms with Gasteiger partial charge in [-0.15, -0.1) is 5.47 Å². The van der Waals surface area contributed by atoms with Crippen molar-refractivity contribution in [2.24, 2.45) is 0 Å². The van der Waals surface area contributed by atoms with Gasteiger partial charge in [0.2, 0.25) is 0 Å². The van der Waals surface area contributed by atoms with Gasteiger partial charge in [-0.3, -0.25) is 15.0 Å². The van der Waals surface area contributed by atoms with Gasteiger partial charge in [-0.1, -0.05) is 36.4 Å². The fraction of sp³-hybridized carbons (Fsp3) is 0.150. The van der Waals surface area contributed by atoms with Crippen molar-refractivity contribution in [2.75, 3.05) is 20.6 Å². The molecule has 0 aromatic carbocycles. The molecule has 1 aliphatic heterocycles. The molecule has 0 radical (unpaired) electrons. The smallest absolute Gasteiger partial charge is 0.327 e. The molecule has 0 saturated heterocycles. The van der Waals surface area contributed by atoms with Crippen LogP contribution >= 0.6 is 0 Å². The highest BCUT2D eigenvalue weighted by molar-refractivity contribution is 7.09. The van der Waals surface area contributed by atoms with E-state index in [0.29, 0.717) is 0 Å². The molecule has 4 rings (SSSR count). The first-order valence-electron chi connectivity index (χ1n) is 8.59. The average molecular weight is 328 g/mol. The number of pyridine rings is 3. The minimum atomic E-state index is -1.38. The highest BCUT2D eigenvalue weighted by Crippen LogP contribution is 2.35. The van der Waals surface area contributed by atoms with Crippen LogP contribution < -0.4 is 11.2 Å². The third-order valence-electron chi connectivity index (χ3n) is 5.47. The Hall–Kier alpha value is -2.79. The molecule has 124 valence electrons. The molecule has 0 N–H and O–H groups in total. The van der Waals surface area contributed by atoms with Crippen LogP contribution in [-0.2, 0) is 0 Å². The maximum atomic E-state index is 4.78. The maximum absolute atomic E-state index is 4.78. The van der Waals surface area contributed by atoms with E-state index in [4.69, 9.17) is 9.97 Å². The predicted octanol–water partition coefficient (Wildman–Crippen LogP) is 1.64. The van der Waals surface area contributed by atoms with Gasteiger partial charge in [-0.25, -0.2) is 0 Å². The van der Waals surface area contributed by atoms with E-state index >= 15 is 0 Å². The summed E-state index contributed by atoms with van der Waals surface area (Å²) in [6, 6.07) is 18.4. The van der Waals surface area contributed by atoms with E-state index < -0.39 is 6.28 Å². The van der Waals surface area contributed by atoms with E-state index in [0.717, 1.165) is 27.8 Å². The summed E-state index contributed by atoms with van der Waals surface area (Å²) in [6.45, 7) is 0.916. The number of likely N-dealkylation sites (N-methyl/N-ethyl adjacent to an activating group) is 1. The molecular formula is C20H21BN4. The van der Waals surface area contributed by atoms with Crippen LogP contribution in [0.2, 0.25) is 0 Å². The Bertz CT molecular complexity index is 853. The van der Waals surface area contributed by atoms with Crippen LogP contribution in [0, 0.1) is 0 Å². The first-order chi connectivity index (χ1) is 12.2. The summed E-state index contributed by atoms with van der Waals surface area (Å²) in [5.41, 5.74) is 4.34. The second-order valence-electron chi connectivity index (χ2n) is 7.17. The third kappa shape index (κ3) is 2.31. The standard InChI is InChI=1S/C20H21BN4/c1-25(2)16-12-17(18-9-3-6-13-22-18)21(25,19-10-4-7-14-23-19)20-11-5-8-15-24-20/h3-15H,16H2,1-2H3. The summed E-state index contributed by atoms with van der Waals surface area (Å²) in [5.74, 6) is 0. The number of hydrogen-bond acceptors (Lipinski definition) is 3. The van der Waals surface area contributed by atoms with Crippen molar-refractivity contribution in [3.05, 3.63) is 85.0 Å². The van der Waals surface area contributed by atoms with Crippen molar-refractivity contribution in [3.8, 4) is 0 Å². The Morgan fingerprint density at radius 1 is 0.760 bits per heavy atom. The van der Waals surface area contributed by atoms with Crippen LogP contribution in [0.15, 0.2) is 79.3 Å². The van der Waals surface area contributed by atoms with Crippen LogP contribution in [0.3, 0.4) is 0 Å². The van der Waals surface area contributed by atoms with Gasteiger partial charge >= 0.3 is 6.28 Å². The SMILES string of the molecule is C[N+]1(C)CC=C(c2ccccn2)[B-]1(c1ccccn1)c1ccccn1. The Labute approximate surface area is 148 Å². The van der Waals surface area contributed by atoms with Crippen LogP contribution in [0.5, 0.6) is 0 Å². The second kappa shape index (κ2) is 5.94. The Morgan fingerprint density at radius 3 is 1.80 bits per heavy atom. The average Bonchev–Trinajstić information content (AvgIpc) is 2.95. The number of nitrogens with zero attached hydrogens (tertiary/aromatic N) is 4. The summed E-state index contributed by atoms with van der Waals surface area (Å²) >= 11 is 0. The fourth-order valence-electron chi connectivity index (χ4n) is 4.32. The van der Waals surface area contributed by atoms with E-state index in [1.807, 2.05) is 42.9 Å². The number of rotatable bonds is 3. The lowest BCUT2D eigenvalue weighted by molar-refractivity contribution is -0.776. The molecule has 0 fully saturated rings. The summed E-state index contributed by atoms with van der Waals surface area (Å²) in [5, 5.41) is 0. The molecule has 0 bridgehead atoms. The van der Waals surface area contributed by atoms with Gasteiger partial charge in [0.05, 0.1) is 6.54 Å². The summed E-state index contributed by atoms with van der Waals surface area (Å²) in [7, 11) is 4.52. The van der Waals surface area contributed by atoms with Gasteiger partial charge in [0.25, 0.3) is 0 Å². The van der Waals surface area contributed by atoms with E-state index in [2.05, 4.69) is 55.5 Å². The minimum Gasteiger partial charge on any atom is -0.504 e. The lowest BCUT2D eigenvalue weighted by Gasteiger charge is -2.51. The quantitative estimate of drug-likeness (QED) is 0.686. The van der Waals surface area contributed by atoms with E-state index in [-0.39, 0.29) is 0 Å². The van der Waals surface area contributed by atoms with Crippen LogP contribution in [0.25, 0.3) is 5.47 Å². The van der Waals surface area contributed by atoms with Crippen molar-refractivity contribution in [2.45, 2.75) is 0 Å². The van der Waals surface area contributed by atoms with Crippen molar-refractivity contribution in [1.82, 2.24) is 15.0 Å². The molecule has 5 heteroatoms. The third-order valence-corrected chi connectivity index (χ3v) is 5.47. The molecule has 0 atom stereocenters. The summed E-state index contributed by atoms with van der Waals surface area (Å²) < 4.78 is 0.778. The largest absolute Gasteiger partial charge is 0.504 e. The van der Waals surface area contributed by atoms with E-state index in [1.54, 1.807) is 0 Å². The van der Waals surface area contributed by atoms with Crippen LogP contribution in [0.4, 0.5) is 0 Å². The van der Waals surface area contributed by atoms with Gasteiger partial charge in [0, 0.05) is 38.4 Å². The molecular weight excluding hydrogens is 307 g/mol. The highest BCUT2D eigenvalue weighted by atomic mass is 15.3. The zero-order chi connectivity index (χ0) is 17.3. The first kappa shape index (κ1) is 15.7. The van der Waals surface area contributed by atoms with Crippen molar-refractivity contribution < 1.29 is 4.39 Å². The molecule has 4 nitrogen and oxygen atoms in total. The molecule has 3 aromatic heterocycles. The molecule has 0 saturated carbocycles. The lowest BCUT2D eigenvalue weighted by Crippen LogP contribution is -2.76. The van der Waals surface area contributed by atoms with Gasteiger partial charge in [0.1, 0.15) is 0 Å². The van der Waals surface area contributed by atoms with Crippen molar-refractivity contribution >= 4 is 22.9 Å². The van der Waals surface area contributed by atoms with Gasteiger partial charge < -0.3 is 4.39 Å². The number of aromatic nitrogens is 3. The first-order valence-corrected chi connectivity index (χ1v) is 8.59. The molecule has 3 aromatic rings. The van der Waals surface area contributed by atoms with Crippen LogP contribution in [-0.4, -0.2) is 46.3 Å².